The fraction of sp³-hybridized carbons (Fsp3) is 0.200. The van der Waals surface area contributed by atoms with Crippen molar-refractivity contribution in [3.05, 3.63) is 24.5 Å². The minimum Gasteiger partial charge on any atom is -0.411 e. The molecule has 0 fully saturated rings. The third-order valence-electron chi connectivity index (χ3n) is 2.01. The van der Waals surface area contributed by atoms with Crippen LogP contribution in [0.1, 0.15) is 6.92 Å². The summed E-state index contributed by atoms with van der Waals surface area (Å²) >= 11 is 1.14. The van der Waals surface area contributed by atoms with Gasteiger partial charge in [-0.05, 0) is 19.1 Å². The highest BCUT2D eigenvalue weighted by molar-refractivity contribution is 8.00. The van der Waals surface area contributed by atoms with Crippen LogP contribution in [-0.4, -0.2) is 26.3 Å². The van der Waals surface area contributed by atoms with Gasteiger partial charge in [-0.2, -0.15) is 0 Å². The van der Waals surface area contributed by atoms with E-state index in [1.54, 1.807) is 31.5 Å². The Morgan fingerprint density at radius 2 is 2.12 bits per heavy atom. The van der Waals surface area contributed by atoms with Crippen molar-refractivity contribution in [3.8, 4) is 11.5 Å². The molecule has 17 heavy (non-hydrogen) atoms. The molecule has 0 aliphatic carbocycles. The summed E-state index contributed by atoms with van der Waals surface area (Å²) < 4.78 is 5.40. The van der Waals surface area contributed by atoms with Crippen molar-refractivity contribution in [2.45, 2.75) is 17.4 Å². The van der Waals surface area contributed by atoms with Crippen molar-refractivity contribution in [2.24, 2.45) is 5.73 Å². The summed E-state index contributed by atoms with van der Waals surface area (Å²) in [7, 11) is 0. The number of carbonyl (C=O) groups is 1. The molecule has 88 valence electrons. The Bertz CT molecular complexity index is 514. The highest BCUT2D eigenvalue weighted by atomic mass is 32.2. The van der Waals surface area contributed by atoms with E-state index in [4.69, 9.17) is 10.2 Å². The predicted molar refractivity (Wildman–Crippen MR) is 62.0 cm³/mol. The minimum atomic E-state index is -0.418. The van der Waals surface area contributed by atoms with Gasteiger partial charge in [0, 0.05) is 18.0 Å². The molecular formula is C10H10N4O2S. The normalized spacial score (nSPS) is 12.3. The van der Waals surface area contributed by atoms with E-state index in [1.165, 1.54) is 0 Å². The molecule has 2 heterocycles. The zero-order chi connectivity index (χ0) is 12.3. The van der Waals surface area contributed by atoms with Crippen LogP contribution in [0.4, 0.5) is 0 Å². The lowest BCUT2D eigenvalue weighted by Gasteiger charge is -2.00. The quantitative estimate of drug-likeness (QED) is 0.816. The van der Waals surface area contributed by atoms with Crippen molar-refractivity contribution in [3.63, 3.8) is 0 Å². The van der Waals surface area contributed by atoms with E-state index >= 15 is 0 Å². The van der Waals surface area contributed by atoms with Gasteiger partial charge in [0.15, 0.2) is 0 Å². The third-order valence-corrected chi connectivity index (χ3v) is 2.96. The smallest absolute Gasteiger partial charge is 0.277 e. The van der Waals surface area contributed by atoms with Crippen LogP contribution in [0.25, 0.3) is 11.5 Å². The lowest BCUT2D eigenvalue weighted by Crippen LogP contribution is -2.22. The monoisotopic (exact) mass is 250 g/mol. The van der Waals surface area contributed by atoms with Gasteiger partial charge in [-0.25, -0.2) is 0 Å². The number of primary amides is 1. The zero-order valence-corrected chi connectivity index (χ0v) is 9.85. The SMILES string of the molecule is C[C@@H](Sc1nnc(-c2ccncc2)o1)C(N)=O. The van der Waals surface area contributed by atoms with Gasteiger partial charge >= 0.3 is 0 Å². The molecule has 0 spiro atoms. The van der Waals surface area contributed by atoms with Gasteiger partial charge in [0.05, 0.1) is 5.25 Å². The van der Waals surface area contributed by atoms with E-state index in [2.05, 4.69) is 15.2 Å². The molecule has 0 unspecified atom stereocenters. The Balaban J connectivity index is 2.14. The first kappa shape index (κ1) is 11.6. The van der Waals surface area contributed by atoms with E-state index in [0.717, 1.165) is 17.3 Å². The first-order valence-corrected chi connectivity index (χ1v) is 5.74. The Morgan fingerprint density at radius 1 is 1.41 bits per heavy atom. The van der Waals surface area contributed by atoms with Crippen LogP contribution >= 0.6 is 11.8 Å². The first-order chi connectivity index (χ1) is 8.16. The number of amides is 1. The van der Waals surface area contributed by atoms with Gasteiger partial charge in [-0.1, -0.05) is 11.8 Å². The molecule has 2 rings (SSSR count). The zero-order valence-electron chi connectivity index (χ0n) is 9.03. The summed E-state index contributed by atoms with van der Waals surface area (Å²) in [5, 5.41) is 7.63. The van der Waals surface area contributed by atoms with Gasteiger partial charge in [0.25, 0.3) is 5.22 Å². The van der Waals surface area contributed by atoms with Crippen LogP contribution in [0, 0.1) is 0 Å². The summed E-state index contributed by atoms with van der Waals surface area (Å²) in [4.78, 5) is 14.8. The second kappa shape index (κ2) is 4.96. The summed E-state index contributed by atoms with van der Waals surface area (Å²) in [5.41, 5.74) is 5.93. The number of aromatic nitrogens is 3. The Kier molecular flexibility index (Phi) is 3.38. The third kappa shape index (κ3) is 2.82. The maximum Gasteiger partial charge on any atom is 0.277 e. The second-order valence-corrected chi connectivity index (χ2v) is 4.56. The minimum absolute atomic E-state index is 0.322. The molecule has 0 aliphatic heterocycles. The van der Waals surface area contributed by atoms with Crippen molar-refractivity contribution in [1.29, 1.82) is 0 Å². The standard InChI is InChI=1S/C10H10N4O2S/c1-6(8(11)15)17-10-14-13-9(16-10)7-2-4-12-5-3-7/h2-6H,1H3,(H2,11,15)/t6-/m1/s1. The van der Waals surface area contributed by atoms with Crippen molar-refractivity contribution in [1.82, 2.24) is 15.2 Å². The maximum atomic E-state index is 10.9. The summed E-state index contributed by atoms with van der Waals surface area (Å²) in [6.07, 6.45) is 3.27. The number of carbonyl (C=O) groups excluding carboxylic acids is 1. The molecule has 1 amide bonds. The van der Waals surface area contributed by atoms with Gasteiger partial charge in [0.2, 0.25) is 11.8 Å². The number of pyridine rings is 1. The molecule has 2 aromatic rings. The van der Waals surface area contributed by atoms with E-state index in [1.807, 2.05) is 0 Å². The molecule has 0 saturated heterocycles. The molecule has 0 saturated carbocycles. The summed E-state index contributed by atoms with van der Waals surface area (Å²) in [6, 6.07) is 3.53. The highest BCUT2D eigenvalue weighted by Gasteiger charge is 2.15. The van der Waals surface area contributed by atoms with Crippen LogP contribution < -0.4 is 5.73 Å². The number of nitrogens with zero attached hydrogens (tertiary/aromatic N) is 3. The lowest BCUT2D eigenvalue weighted by atomic mass is 10.3. The van der Waals surface area contributed by atoms with Gasteiger partial charge < -0.3 is 10.2 Å². The molecule has 0 aromatic carbocycles. The number of thioether (sulfide) groups is 1. The second-order valence-electron chi connectivity index (χ2n) is 3.27. The predicted octanol–water partition coefficient (Wildman–Crippen LogP) is 1.10. The molecule has 2 N–H and O–H groups in total. The summed E-state index contributed by atoms with van der Waals surface area (Å²) in [6.45, 7) is 1.68. The molecule has 2 aromatic heterocycles. The Hall–Kier alpha value is -1.89. The van der Waals surface area contributed by atoms with E-state index in [0.29, 0.717) is 11.1 Å². The van der Waals surface area contributed by atoms with Crippen molar-refractivity contribution < 1.29 is 9.21 Å². The lowest BCUT2D eigenvalue weighted by molar-refractivity contribution is -0.117. The molecule has 0 radical (unpaired) electrons. The molecule has 0 aliphatic rings. The number of nitrogens with two attached hydrogens (primary N) is 1. The van der Waals surface area contributed by atoms with E-state index < -0.39 is 11.2 Å². The van der Waals surface area contributed by atoms with Crippen LogP contribution in [0.15, 0.2) is 34.2 Å². The average molecular weight is 250 g/mol. The maximum absolute atomic E-state index is 10.9. The Labute approximate surface area is 102 Å². The summed E-state index contributed by atoms with van der Waals surface area (Å²) in [5.74, 6) is -0.0229. The van der Waals surface area contributed by atoms with Gasteiger partial charge in [-0.3, -0.25) is 9.78 Å². The number of rotatable bonds is 4. The van der Waals surface area contributed by atoms with Crippen molar-refractivity contribution >= 4 is 17.7 Å². The van der Waals surface area contributed by atoms with Gasteiger partial charge in [0.1, 0.15) is 0 Å². The molecule has 0 bridgehead atoms. The molecule has 7 heteroatoms. The van der Waals surface area contributed by atoms with Crippen LogP contribution in [0.3, 0.4) is 0 Å². The van der Waals surface area contributed by atoms with E-state index in [9.17, 15) is 4.79 Å². The topological polar surface area (TPSA) is 94.9 Å². The van der Waals surface area contributed by atoms with Crippen LogP contribution in [-0.2, 0) is 4.79 Å². The number of hydrogen-bond donors (Lipinski definition) is 1. The van der Waals surface area contributed by atoms with Gasteiger partial charge in [-0.15, -0.1) is 10.2 Å². The fourth-order valence-electron chi connectivity index (χ4n) is 1.08. The van der Waals surface area contributed by atoms with E-state index in [-0.39, 0.29) is 0 Å². The first-order valence-electron chi connectivity index (χ1n) is 4.86. The molecular weight excluding hydrogens is 240 g/mol. The van der Waals surface area contributed by atoms with Crippen LogP contribution in [0.5, 0.6) is 0 Å². The highest BCUT2D eigenvalue weighted by Crippen LogP contribution is 2.25. The average Bonchev–Trinajstić information content (AvgIpc) is 2.78. The van der Waals surface area contributed by atoms with Crippen molar-refractivity contribution in [2.75, 3.05) is 0 Å². The largest absolute Gasteiger partial charge is 0.411 e. The molecule has 1 atom stereocenters. The molecule has 6 nitrogen and oxygen atoms in total. The fourth-order valence-corrected chi connectivity index (χ4v) is 1.71. The Morgan fingerprint density at radius 3 is 2.76 bits per heavy atom. The number of hydrogen-bond acceptors (Lipinski definition) is 6. The van der Waals surface area contributed by atoms with Crippen LogP contribution in [0.2, 0.25) is 0 Å².